The van der Waals surface area contributed by atoms with Crippen LogP contribution in [0, 0.1) is 11.6 Å². The van der Waals surface area contributed by atoms with Crippen molar-refractivity contribution in [3.05, 3.63) is 53.1 Å². The fourth-order valence-corrected chi connectivity index (χ4v) is 3.73. The van der Waals surface area contributed by atoms with Crippen LogP contribution >= 0.6 is 0 Å². The van der Waals surface area contributed by atoms with Gasteiger partial charge in [0.15, 0.2) is 9.84 Å². The zero-order chi connectivity index (χ0) is 18.6. The minimum atomic E-state index is -3.88. The van der Waals surface area contributed by atoms with Crippen molar-refractivity contribution in [2.45, 2.75) is 23.3 Å². The van der Waals surface area contributed by atoms with Gasteiger partial charge in [0.25, 0.3) is 5.92 Å². The Balaban J connectivity index is 2.15. The smallest absolute Gasteiger partial charge is 0.281 e. The van der Waals surface area contributed by atoms with Crippen LogP contribution in [0.3, 0.4) is 0 Å². The Morgan fingerprint density at radius 1 is 1.16 bits per heavy atom. The summed E-state index contributed by atoms with van der Waals surface area (Å²) in [5.74, 6) is -5.93. The van der Waals surface area contributed by atoms with Gasteiger partial charge in [0.2, 0.25) is 0 Å². The first-order valence-corrected chi connectivity index (χ1v) is 8.94. The van der Waals surface area contributed by atoms with Crippen LogP contribution in [0.4, 0.5) is 17.6 Å². The predicted octanol–water partition coefficient (Wildman–Crippen LogP) is 3.39. The lowest BCUT2D eigenvalue weighted by molar-refractivity contribution is -0.0976. The molecule has 0 fully saturated rings. The summed E-state index contributed by atoms with van der Waals surface area (Å²) in [6.45, 7) is 0. The van der Waals surface area contributed by atoms with Gasteiger partial charge in [0.1, 0.15) is 29.2 Å². The first-order valence-electron chi connectivity index (χ1n) is 7.05. The van der Waals surface area contributed by atoms with E-state index in [9.17, 15) is 31.1 Å². The van der Waals surface area contributed by atoms with E-state index < -0.39 is 50.4 Å². The van der Waals surface area contributed by atoms with Crippen molar-refractivity contribution >= 4 is 9.84 Å². The minimum Gasteiger partial charge on any atom is -0.457 e. The number of benzene rings is 2. The van der Waals surface area contributed by atoms with Crippen LogP contribution in [0.15, 0.2) is 35.2 Å². The molecule has 3 rings (SSSR count). The van der Waals surface area contributed by atoms with Gasteiger partial charge in [-0.25, -0.2) is 26.0 Å². The van der Waals surface area contributed by atoms with E-state index in [-0.39, 0.29) is 17.1 Å². The normalized spacial score (nSPS) is 18.9. The molecule has 0 amide bonds. The maximum absolute atomic E-state index is 13.9. The predicted molar refractivity (Wildman–Crippen MR) is 79.6 cm³/mol. The molecule has 1 aliphatic rings. The standard InChI is InChI=1S/C16H12F4O4S/c1-25(22,23)13-3-2-12(11-7-16(19,20)15(21)14(11)13)24-10-5-8(17)4-9(18)6-10/h2-6,15,21H,7H2,1H3. The summed E-state index contributed by atoms with van der Waals surface area (Å²) in [6.07, 6.45) is -2.45. The quantitative estimate of drug-likeness (QED) is 0.835. The van der Waals surface area contributed by atoms with Crippen LogP contribution in [0.1, 0.15) is 17.2 Å². The molecule has 0 heterocycles. The van der Waals surface area contributed by atoms with Crippen molar-refractivity contribution in [2.75, 3.05) is 6.26 Å². The van der Waals surface area contributed by atoms with E-state index in [1.165, 1.54) is 0 Å². The molecule has 9 heteroatoms. The Morgan fingerprint density at radius 2 is 1.76 bits per heavy atom. The summed E-state index contributed by atoms with van der Waals surface area (Å²) >= 11 is 0. The number of alkyl halides is 2. The third-order valence-corrected chi connectivity index (χ3v) is 4.98. The molecule has 0 saturated carbocycles. The summed E-state index contributed by atoms with van der Waals surface area (Å²) in [5, 5.41) is 9.84. The van der Waals surface area contributed by atoms with Crippen molar-refractivity contribution < 1.29 is 35.8 Å². The number of rotatable bonds is 3. The van der Waals surface area contributed by atoms with Gasteiger partial charge in [-0.15, -0.1) is 0 Å². The fourth-order valence-electron chi connectivity index (χ4n) is 2.78. The van der Waals surface area contributed by atoms with Crippen molar-refractivity contribution in [3.8, 4) is 11.5 Å². The van der Waals surface area contributed by atoms with Crippen molar-refractivity contribution in [1.82, 2.24) is 0 Å². The minimum absolute atomic E-state index is 0.205. The molecular formula is C16H12F4O4S. The van der Waals surface area contributed by atoms with E-state index in [0.717, 1.165) is 30.5 Å². The van der Waals surface area contributed by atoms with Gasteiger partial charge in [-0.05, 0) is 12.1 Å². The maximum atomic E-state index is 13.9. The van der Waals surface area contributed by atoms with Crippen LogP contribution in [-0.2, 0) is 16.3 Å². The van der Waals surface area contributed by atoms with Gasteiger partial charge < -0.3 is 9.84 Å². The monoisotopic (exact) mass is 376 g/mol. The fraction of sp³-hybridized carbons (Fsp3) is 0.250. The molecule has 0 saturated heterocycles. The average molecular weight is 376 g/mol. The average Bonchev–Trinajstić information content (AvgIpc) is 2.68. The largest absolute Gasteiger partial charge is 0.457 e. The Morgan fingerprint density at radius 3 is 2.32 bits per heavy atom. The van der Waals surface area contributed by atoms with Gasteiger partial charge in [-0.1, -0.05) is 0 Å². The molecule has 0 aliphatic heterocycles. The van der Waals surface area contributed by atoms with Crippen molar-refractivity contribution in [2.24, 2.45) is 0 Å². The SMILES string of the molecule is CS(=O)(=O)c1ccc(Oc2cc(F)cc(F)c2)c2c1C(O)C(F)(F)C2. The van der Waals surface area contributed by atoms with Crippen molar-refractivity contribution in [3.63, 3.8) is 0 Å². The van der Waals surface area contributed by atoms with E-state index in [0.29, 0.717) is 6.07 Å². The maximum Gasteiger partial charge on any atom is 0.281 e. The molecule has 2 aromatic rings. The summed E-state index contributed by atoms with van der Waals surface area (Å²) in [6, 6.07) is 4.45. The zero-order valence-corrected chi connectivity index (χ0v) is 13.6. The van der Waals surface area contributed by atoms with E-state index in [1.807, 2.05) is 0 Å². The first kappa shape index (κ1) is 17.7. The van der Waals surface area contributed by atoms with Crippen LogP contribution in [0.25, 0.3) is 0 Å². The number of sulfone groups is 1. The molecule has 0 aromatic heterocycles. The lowest BCUT2D eigenvalue weighted by atomic mass is 10.1. The van der Waals surface area contributed by atoms with Gasteiger partial charge in [0, 0.05) is 42.0 Å². The van der Waals surface area contributed by atoms with Gasteiger partial charge in [-0.2, -0.15) is 0 Å². The number of aliphatic hydroxyl groups is 1. The van der Waals surface area contributed by atoms with E-state index >= 15 is 0 Å². The molecule has 0 radical (unpaired) electrons. The second-order valence-corrected chi connectivity index (χ2v) is 7.76. The number of fused-ring (bicyclic) bond motifs is 1. The molecule has 1 atom stereocenters. The Bertz CT molecular complexity index is 937. The van der Waals surface area contributed by atoms with Crippen LogP contribution in [-0.4, -0.2) is 25.7 Å². The number of hydrogen-bond donors (Lipinski definition) is 1. The van der Waals surface area contributed by atoms with E-state index in [2.05, 4.69) is 0 Å². The Labute approximate surface area is 140 Å². The van der Waals surface area contributed by atoms with Crippen LogP contribution in [0.2, 0.25) is 0 Å². The molecule has 1 aliphatic carbocycles. The molecular weight excluding hydrogens is 364 g/mol. The molecule has 1 N–H and O–H groups in total. The number of halogens is 4. The Hall–Kier alpha value is -2.13. The lowest BCUT2D eigenvalue weighted by Gasteiger charge is -2.15. The number of ether oxygens (including phenoxy) is 1. The van der Waals surface area contributed by atoms with E-state index in [1.54, 1.807) is 0 Å². The highest BCUT2D eigenvalue weighted by Crippen LogP contribution is 2.49. The molecule has 25 heavy (non-hydrogen) atoms. The first-order chi connectivity index (χ1) is 11.5. The Kier molecular flexibility index (Phi) is 4.03. The second kappa shape index (κ2) is 5.70. The summed E-state index contributed by atoms with van der Waals surface area (Å²) in [5.41, 5.74) is -0.674. The topological polar surface area (TPSA) is 63.6 Å². The highest BCUT2D eigenvalue weighted by molar-refractivity contribution is 7.90. The van der Waals surface area contributed by atoms with Gasteiger partial charge >= 0.3 is 0 Å². The molecule has 4 nitrogen and oxygen atoms in total. The molecule has 1 unspecified atom stereocenters. The number of aliphatic hydroxyl groups excluding tert-OH is 1. The summed E-state index contributed by atoms with van der Waals surface area (Å²) in [4.78, 5) is -0.440. The van der Waals surface area contributed by atoms with E-state index in [4.69, 9.17) is 4.74 Å². The summed E-state index contributed by atoms with van der Waals surface area (Å²) in [7, 11) is -3.88. The van der Waals surface area contributed by atoms with Gasteiger partial charge in [0.05, 0.1) is 4.90 Å². The highest BCUT2D eigenvalue weighted by Gasteiger charge is 2.50. The van der Waals surface area contributed by atoms with Crippen molar-refractivity contribution in [1.29, 1.82) is 0 Å². The zero-order valence-electron chi connectivity index (χ0n) is 12.8. The van der Waals surface area contributed by atoms with Gasteiger partial charge in [-0.3, -0.25) is 0 Å². The molecule has 2 aromatic carbocycles. The molecule has 134 valence electrons. The molecule has 0 spiro atoms. The number of hydrogen-bond acceptors (Lipinski definition) is 4. The lowest BCUT2D eigenvalue weighted by Crippen LogP contribution is -2.22. The summed E-state index contributed by atoms with van der Waals surface area (Å²) < 4.78 is 83.2. The third kappa shape index (κ3) is 3.21. The van der Waals surface area contributed by atoms with Crippen LogP contribution < -0.4 is 4.74 Å². The van der Waals surface area contributed by atoms with Crippen LogP contribution in [0.5, 0.6) is 11.5 Å². The second-order valence-electron chi connectivity index (χ2n) is 5.77. The highest BCUT2D eigenvalue weighted by atomic mass is 32.2. The third-order valence-electron chi connectivity index (χ3n) is 3.82. The molecule has 0 bridgehead atoms.